The van der Waals surface area contributed by atoms with Gasteiger partial charge in [0.15, 0.2) is 5.03 Å². The Hall–Kier alpha value is -0.920. The van der Waals surface area contributed by atoms with Gasteiger partial charge in [0.25, 0.3) is 10.0 Å². The minimum atomic E-state index is -3.39. The van der Waals surface area contributed by atoms with Gasteiger partial charge in [0, 0.05) is 19.1 Å². The summed E-state index contributed by atoms with van der Waals surface area (Å²) in [7, 11) is -3.39. The lowest BCUT2D eigenvalue weighted by atomic mass is 9.92. The number of H-pyrrole nitrogens is 1. The van der Waals surface area contributed by atoms with E-state index in [-0.39, 0.29) is 11.1 Å². The summed E-state index contributed by atoms with van der Waals surface area (Å²) in [6, 6.07) is 0.131. The van der Waals surface area contributed by atoms with Crippen LogP contribution in [0.25, 0.3) is 0 Å². The molecule has 1 aromatic rings. The summed E-state index contributed by atoms with van der Waals surface area (Å²) in [6.45, 7) is 3.05. The molecule has 1 aliphatic rings. The van der Waals surface area contributed by atoms with E-state index >= 15 is 0 Å². The maximum absolute atomic E-state index is 12.1. The minimum Gasteiger partial charge on any atom is -0.335 e. The average molecular weight is 258 g/mol. The first-order valence-electron chi connectivity index (χ1n) is 5.76. The van der Waals surface area contributed by atoms with Crippen LogP contribution in [-0.2, 0) is 10.0 Å². The summed E-state index contributed by atoms with van der Waals surface area (Å²) in [5, 5.41) is 0.164. The Kier molecular flexibility index (Phi) is 3.50. The number of hydrogen-bond acceptors (Lipinski definition) is 4. The number of rotatable bonds is 3. The second-order valence-electron chi connectivity index (χ2n) is 4.52. The fourth-order valence-corrected chi connectivity index (χ4v) is 3.53. The third kappa shape index (κ3) is 2.51. The highest BCUT2D eigenvalue weighted by atomic mass is 32.2. The number of aromatic nitrogens is 2. The smallest absolute Gasteiger partial charge is 0.260 e. The van der Waals surface area contributed by atoms with Gasteiger partial charge in [0.05, 0.1) is 12.5 Å². The molecule has 0 spiro atoms. The van der Waals surface area contributed by atoms with Gasteiger partial charge >= 0.3 is 0 Å². The molecular formula is C10H18N4O2S. The van der Waals surface area contributed by atoms with Crippen LogP contribution in [0.15, 0.2) is 17.6 Å². The van der Waals surface area contributed by atoms with Crippen LogP contribution in [0.2, 0.25) is 0 Å². The van der Waals surface area contributed by atoms with Gasteiger partial charge in [-0.15, -0.1) is 0 Å². The molecule has 7 heteroatoms. The van der Waals surface area contributed by atoms with E-state index in [9.17, 15) is 8.42 Å². The van der Waals surface area contributed by atoms with Crippen molar-refractivity contribution in [1.29, 1.82) is 0 Å². The highest BCUT2D eigenvalue weighted by Crippen LogP contribution is 2.23. The minimum absolute atomic E-state index is 0.131. The maximum Gasteiger partial charge on any atom is 0.260 e. The summed E-state index contributed by atoms with van der Waals surface area (Å²) < 4.78 is 25.8. The monoisotopic (exact) mass is 258 g/mol. The van der Waals surface area contributed by atoms with Crippen LogP contribution in [-0.4, -0.2) is 41.8 Å². The van der Waals surface area contributed by atoms with Crippen LogP contribution in [0.4, 0.5) is 0 Å². The molecule has 1 fully saturated rings. The molecule has 0 aromatic carbocycles. The van der Waals surface area contributed by atoms with E-state index in [1.807, 2.05) is 6.92 Å². The predicted molar refractivity (Wildman–Crippen MR) is 63.7 cm³/mol. The van der Waals surface area contributed by atoms with Crippen LogP contribution in [0, 0.1) is 5.92 Å². The Bertz CT molecular complexity index is 447. The predicted octanol–water partition coefficient (Wildman–Crippen LogP) is 0.158. The van der Waals surface area contributed by atoms with Gasteiger partial charge in [-0.25, -0.2) is 13.4 Å². The fraction of sp³-hybridized carbons (Fsp3) is 0.700. The molecule has 1 unspecified atom stereocenters. The lowest BCUT2D eigenvalue weighted by molar-refractivity contribution is 0.250. The van der Waals surface area contributed by atoms with E-state index in [2.05, 4.69) is 9.97 Å². The van der Waals surface area contributed by atoms with Crippen molar-refractivity contribution in [2.45, 2.75) is 30.8 Å². The van der Waals surface area contributed by atoms with Crippen molar-refractivity contribution < 1.29 is 8.42 Å². The molecule has 17 heavy (non-hydrogen) atoms. The summed E-state index contributed by atoms with van der Waals surface area (Å²) in [4.78, 5) is 6.39. The first kappa shape index (κ1) is 12.5. The molecule has 2 rings (SSSR count). The van der Waals surface area contributed by atoms with Gasteiger partial charge in [-0.3, -0.25) is 0 Å². The van der Waals surface area contributed by atoms with Crippen LogP contribution >= 0.6 is 0 Å². The molecule has 0 bridgehead atoms. The Balaban J connectivity index is 2.07. The van der Waals surface area contributed by atoms with E-state index in [1.165, 1.54) is 16.8 Å². The molecule has 1 aromatic heterocycles. The van der Waals surface area contributed by atoms with Crippen molar-refractivity contribution in [1.82, 2.24) is 14.3 Å². The number of hydrogen-bond donors (Lipinski definition) is 2. The van der Waals surface area contributed by atoms with Crippen molar-refractivity contribution in [2.24, 2.45) is 11.7 Å². The highest BCUT2D eigenvalue weighted by molar-refractivity contribution is 7.89. The second kappa shape index (κ2) is 4.75. The number of nitrogens with two attached hydrogens (primary N) is 1. The first-order valence-corrected chi connectivity index (χ1v) is 7.20. The summed E-state index contributed by atoms with van der Waals surface area (Å²) in [6.07, 6.45) is 4.37. The third-order valence-corrected chi connectivity index (χ3v) is 5.16. The van der Waals surface area contributed by atoms with E-state index in [0.717, 1.165) is 12.8 Å². The zero-order valence-electron chi connectivity index (χ0n) is 9.83. The summed E-state index contributed by atoms with van der Waals surface area (Å²) in [5.41, 5.74) is 5.83. The molecule has 3 N–H and O–H groups in total. The molecule has 6 nitrogen and oxygen atoms in total. The lowest BCUT2D eigenvalue weighted by Crippen LogP contribution is -2.42. The first-order chi connectivity index (χ1) is 8.01. The third-order valence-electron chi connectivity index (χ3n) is 3.33. The molecular weight excluding hydrogens is 240 g/mol. The number of aromatic amines is 1. The normalized spacial score (nSPS) is 21.5. The number of nitrogens with one attached hydrogen (secondary N) is 1. The lowest BCUT2D eigenvalue weighted by Gasteiger charge is -2.32. The molecule has 0 radical (unpaired) electrons. The van der Waals surface area contributed by atoms with Gasteiger partial charge in [-0.05, 0) is 25.7 Å². The van der Waals surface area contributed by atoms with Gasteiger partial charge in [0.1, 0.15) is 0 Å². The molecule has 1 atom stereocenters. The van der Waals surface area contributed by atoms with E-state index in [1.54, 1.807) is 0 Å². The molecule has 0 aliphatic carbocycles. The quantitative estimate of drug-likeness (QED) is 0.807. The van der Waals surface area contributed by atoms with E-state index in [0.29, 0.717) is 19.0 Å². The van der Waals surface area contributed by atoms with Crippen LogP contribution in [0.5, 0.6) is 0 Å². The zero-order chi connectivity index (χ0) is 12.5. The van der Waals surface area contributed by atoms with Gasteiger partial charge in [-0.1, -0.05) is 0 Å². The van der Waals surface area contributed by atoms with Crippen molar-refractivity contribution in [3.8, 4) is 0 Å². The molecule has 2 heterocycles. The van der Waals surface area contributed by atoms with E-state index in [4.69, 9.17) is 5.73 Å². The molecule has 1 saturated heterocycles. The highest BCUT2D eigenvalue weighted by Gasteiger charge is 2.31. The average Bonchev–Trinajstić information content (AvgIpc) is 2.83. The Morgan fingerprint density at radius 2 is 2.18 bits per heavy atom. The van der Waals surface area contributed by atoms with E-state index < -0.39 is 10.0 Å². The molecule has 0 amide bonds. The van der Waals surface area contributed by atoms with Crippen LogP contribution in [0.1, 0.15) is 19.8 Å². The summed E-state index contributed by atoms with van der Waals surface area (Å²) in [5.74, 6) is 0.420. The fourth-order valence-electron chi connectivity index (χ4n) is 2.17. The van der Waals surface area contributed by atoms with Crippen molar-refractivity contribution in [2.75, 3.05) is 13.1 Å². The molecule has 0 saturated carbocycles. The number of nitrogens with zero attached hydrogens (tertiary/aromatic N) is 2. The standard InChI is InChI=1S/C10H18N4O2S/c1-8(11)9-2-4-14(5-3-9)17(15,16)10-6-12-7-13-10/h6-9H,2-5,11H2,1H3,(H,12,13). The molecule has 96 valence electrons. The number of piperidine rings is 1. The largest absolute Gasteiger partial charge is 0.335 e. The van der Waals surface area contributed by atoms with Crippen LogP contribution < -0.4 is 5.73 Å². The van der Waals surface area contributed by atoms with Gasteiger partial charge < -0.3 is 10.7 Å². The Morgan fingerprint density at radius 3 is 2.65 bits per heavy atom. The topological polar surface area (TPSA) is 92.1 Å². The Labute approximate surface area is 101 Å². The maximum atomic E-state index is 12.1. The SMILES string of the molecule is CC(N)C1CCN(S(=O)(=O)c2cnc[nH]2)CC1. The number of imidazole rings is 1. The second-order valence-corrected chi connectivity index (χ2v) is 6.42. The summed E-state index contributed by atoms with van der Waals surface area (Å²) >= 11 is 0. The van der Waals surface area contributed by atoms with Crippen LogP contribution in [0.3, 0.4) is 0 Å². The Morgan fingerprint density at radius 1 is 1.53 bits per heavy atom. The van der Waals surface area contributed by atoms with Gasteiger partial charge in [0.2, 0.25) is 0 Å². The van der Waals surface area contributed by atoms with Crippen molar-refractivity contribution in [3.63, 3.8) is 0 Å². The number of sulfonamides is 1. The molecule has 1 aliphatic heterocycles. The zero-order valence-corrected chi connectivity index (χ0v) is 10.7. The van der Waals surface area contributed by atoms with Crippen molar-refractivity contribution in [3.05, 3.63) is 12.5 Å². The van der Waals surface area contributed by atoms with Gasteiger partial charge in [-0.2, -0.15) is 4.31 Å². The van der Waals surface area contributed by atoms with Crippen molar-refractivity contribution >= 4 is 10.0 Å².